The number of hydrogen-bond donors (Lipinski definition) is 2. The number of ketones is 1. The first-order valence-corrected chi connectivity index (χ1v) is 20.2. The largest absolute Gasteiger partial charge is 0.448 e. The van der Waals surface area contributed by atoms with Gasteiger partial charge in [0.1, 0.15) is 0 Å². The molecule has 1 saturated heterocycles. The van der Waals surface area contributed by atoms with Crippen molar-refractivity contribution in [2.45, 2.75) is 123 Å². The summed E-state index contributed by atoms with van der Waals surface area (Å²) < 4.78 is 11.5. The number of amides is 1. The number of aryl methyl sites for hydroxylation is 1. The lowest BCUT2D eigenvalue weighted by atomic mass is 9.32. The van der Waals surface area contributed by atoms with Crippen LogP contribution in [0.15, 0.2) is 35.9 Å². The minimum Gasteiger partial charge on any atom is -0.448 e. The molecule has 1 aromatic heterocycles. The van der Waals surface area contributed by atoms with Crippen LogP contribution in [0.3, 0.4) is 0 Å². The summed E-state index contributed by atoms with van der Waals surface area (Å²) in [6, 6.07) is 3.97. The second-order valence-corrected chi connectivity index (χ2v) is 20.1. The molecule has 1 aliphatic heterocycles. The third kappa shape index (κ3) is 4.21. The Hall–Kier alpha value is -2.33. The standard InChI is InChI=1S/C42H57NO7S/c1-26-9-10-29(51-26)32(45)28-24-39-18-19-41(28)30(36(39,4)14-11-27(44)23-39)12-15-37(5)31(41)13-16-40(37,48)25-43(21-8-22-49-7)33(46)42-20-17-38(6,34(47)50-42)35(42,2)3/h9-10,18-19,24,27,30-31,44,48H,8,11-17,20-23,25H2,1-7H3/t27?,30-,31-,36-,37+,38+,39+,40-,41-,42-/m1/s1. The number of ether oxygens (including phenoxy) is 2. The van der Waals surface area contributed by atoms with E-state index in [4.69, 9.17) is 9.47 Å². The number of carbonyl (C=O) groups excluding carboxylic acids is 3. The van der Waals surface area contributed by atoms with Crippen LogP contribution in [-0.2, 0) is 19.1 Å². The number of aliphatic hydroxyl groups excluding tert-OH is 1. The monoisotopic (exact) mass is 719 g/mol. The van der Waals surface area contributed by atoms with Crippen LogP contribution in [0.25, 0.3) is 0 Å². The van der Waals surface area contributed by atoms with Crippen molar-refractivity contribution in [3.05, 3.63) is 45.7 Å². The maximum atomic E-state index is 14.9. The van der Waals surface area contributed by atoms with Gasteiger partial charge in [-0.25, -0.2) is 0 Å². The Morgan fingerprint density at radius 3 is 2.33 bits per heavy atom. The summed E-state index contributed by atoms with van der Waals surface area (Å²) in [5, 5.41) is 24.2. The lowest BCUT2D eigenvalue weighted by Gasteiger charge is -2.71. The van der Waals surface area contributed by atoms with Gasteiger partial charge in [-0.15, -0.1) is 11.3 Å². The van der Waals surface area contributed by atoms with Crippen molar-refractivity contribution in [1.29, 1.82) is 0 Å². The Kier molecular flexibility index (Phi) is 7.77. The van der Waals surface area contributed by atoms with Gasteiger partial charge in [0.2, 0.25) is 0 Å². The fourth-order valence-corrected chi connectivity index (χ4v) is 14.1. The molecule has 0 radical (unpaired) electrons. The summed E-state index contributed by atoms with van der Waals surface area (Å²) in [5.41, 5.74) is -4.73. The van der Waals surface area contributed by atoms with E-state index in [1.807, 2.05) is 39.8 Å². The van der Waals surface area contributed by atoms with E-state index in [0.717, 1.165) is 47.4 Å². The second-order valence-electron chi connectivity index (χ2n) is 18.8. The molecule has 1 unspecified atom stereocenters. The Bertz CT molecular complexity index is 1750. The highest BCUT2D eigenvalue weighted by atomic mass is 32.1. The highest BCUT2D eigenvalue weighted by Gasteiger charge is 2.78. The van der Waals surface area contributed by atoms with E-state index in [2.05, 4.69) is 32.1 Å². The number of allylic oxidation sites excluding steroid dienone is 4. The number of aliphatic hydroxyl groups is 2. The summed E-state index contributed by atoms with van der Waals surface area (Å²) in [6.45, 7) is 13.5. The first kappa shape index (κ1) is 35.7. The molecule has 1 aromatic rings. The molecule has 10 atom stereocenters. The van der Waals surface area contributed by atoms with Crippen LogP contribution in [0.5, 0.6) is 0 Å². The van der Waals surface area contributed by atoms with Crippen molar-refractivity contribution >= 4 is 29.0 Å². The molecule has 0 aromatic carbocycles. The van der Waals surface area contributed by atoms with Gasteiger partial charge >= 0.3 is 5.97 Å². The smallest absolute Gasteiger partial charge is 0.313 e. The third-order valence-corrected chi connectivity index (χ3v) is 17.9. The van der Waals surface area contributed by atoms with Crippen molar-refractivity contribution in [3.63, 3.8) is 0 Å². The zero-order chi connectivity index (χ0) is 36.6. The van der Waals surface area contributed by atoms with Gasteiger partial charge in [0, 0.05) is 52.4 Å². The summed E-state index contributed by atoms with van der Waals surface area (Å²) in [6.07, 6.45) is 13.4. The molecule has 4 bridgehead atoms. The van der Waals surface area contributed by atoms with E-state index in [9.17, 15) is 24.6 Å². The van der Waals surface area contributed by atoms with Gasteiger partial charge in [-0.2, -0.15) is 0 Å². The number of carbonyl (C=O) groups is 3. The maximum absolute atomic E-state index is 14.9. The van der Waals surface area contributed by atoms with E-state index >= 15 is 0 Å². The topological polar surface area (TPSA) is 113 Å². The van der Waals surface area contributed by atoms with Gasteiger partial charge in [-0.05, 0) is 107 Å². The SMILES string of the molecule is COCCCN(C[C@]1(O)CC[C@H]2[C@]34C=C[C@@]5(C=C3C(=O)c3ccc(C)s3)CC(O)CC[C@]5(C)[C@H]4CC[C@@]21C)C(=O)[C@@]12CC[C@@](C)(C(=O)O1)C2(C)C. The lowest BCUT2D eigenvalue weighted by Crippen LogP contribution is -2.68. The first-order valence-electron chi connectivity index (χ1n) is 19.4. The van der Waals surface area contributed by atoms with Crippen molar-refractivity contribution in [2.75, 3.05) is 26.8 Å². The zero-order valence-electron chi connectivity index (χ0n) is 31.6. The second kappa shape index (κ2) is 11.1. The summed E-state index contributed by atoms with van der Waals surface area (Å²) in [7, 11) is 1.65. The van der Waals surface area contributed by atoms with Crippen molar-refractivity contribution in [2.24, 2.45) is 44.3 Å². The van der Waals surface area contributed by atoms with E-state index in [1.54, 1.807) is 12.0 Å². The average Bonchev–Trinajstić information content (AvgIpc) is 3.74. The van der Waals surface area contributed by atoms with E-state index in [0.29, 0.717) is 45.3 Å². The van der Waals surface area contributed by atoms with Crippen LogP contribution >= 0.6 is 11.3 Å². The van der Waals surface area contributed by atoms with Crippen LogP contribution in [-0.4, -0.2) is 76.9 Å². The van der Waals surface area contributed by atoms with Crippen molar-refractivity contribution in [3.8, 4) is 0 Å². The van der Waals surface area contributed by atoms with Crippen LogP contribution in [0, 0.1) is 51.2 Å². The molecule has 2 heterocycles. The quantitative estimate of drug-likeness (QED) is 0.125. The fourth-order valence-electron chi connectivity index (χ4n) is 13.2. The number of esters is 1. The Morgan fingerprint density at radius 1 is 0.980 bits per heavy atom. The highest BCUT2D eigenvalue weighted by molar-refractivity contribution is 7.14. The zero-order valence-corrected chi connectivity index (χ0v) is 32.4. The molecule has 8 aliphatic rings. The molecule has 9 heteroatoms. The predicted molar refractivity (Wildman–Crippen MR) is 195 cm³/mol. The number of fused-ring (bicyclic) bond motifs is 3. The minimum absolute atomic E-state index is 0.0205. The van der Waals surface area contributed by atoms with Gasteiger partial charge in [0.05, 0.1) is 28.5 Å². The van der Waals surface area contributed by atoms with Crippen LogP contribution in [0.4, 0.5) is 0 Å². The number of methoxy groups -OCH3 is 1. The van der Waals surface area contributed by atoms with Crippen LogP contribution in [0.2, 0.25) is 0 Å². The molecule has 7 aliphatic carbocycles. The van der Waals surface area contributed by atoms with Gasteiger partial charge in [0.25, 0.3) is 5.91 Å². The fraction of sp³-hybridized carbons (Fsp3) is 0.738. The molecular weight excluding hydrogens is 663 g/mol. The molecule has 278 valence electrons. The molecule has 2 spiro atoms. The van der Waals surface area contributed by atoms with E-state index in [1.165, 1.54) is 11.3 Å². The molecule has 51 heavy (non-hydrogen) atoms. The van der Waals surface area contributed by atoms with Crippen LogP contribution < -0.4 is 0 Å². The van der Waals surface area contributed by atoms with Gasteiger partial charge < -0.3 is 24.6 Å². The summed E-state index contributed by atoms with van der Waals surface area (Å²) >= 11 is 1.54. The molecular formula is C42H57NO7S. The van der Waals surface area contributed by atoms with Gasteiger partial charge in [0.15, 0.2) is 11.4 Å². The molecule has 8 nitrogen and oxygen atoms in total. The Labute approximate surface area is 307 Å². The van der Waals surface area contributed by atoms with Gasteiger partial charge in [-0.3, -0.25) is 14.4 Å². The van der Waals surface area contributed by atoms with E-state index < -0.39 is 39.0 Å². The minimum atomic E-state index is -1.27. The van der Waals surface area contributed by atoms with Gasteiger partial charge in [-0.1, -0.05) is 45.9 Å². The van der Waals surface area contributed by atoms with Crippen molar-refractivity contribution < 1.29 is 34.1 Å². The molecule has 9 rings (SSSR count). The Morgan fingerprint density at radius 2 is 1.69 bits per heavy atom. The number of thiophene rings is 1. The average molecular weight is 720 g/mol. The highest BCUT2D eigenvalue weighted by Crippen LogP contribution is 2.78. The molecule has 2 N–H and O–H groups in total. The van der Waals surface area contributed by atoms with Crippen molar-refractivity contribution in [1.82, 2.24) is 4.90 Å². The number of hydrogen-bond acceptors (Lipinski definition) is 8. The lowest BCUT2D eigenvalue weighted by molar-refractivity contribution is -0.187. The number of rotatable bonds is 9. The normalized spacial score (nSPS) is 45.5. The Balaban J connectivity index is 1.19. The molecule has 1 amide bonds. The molecule has 5 fully saturated rings. The summed E-state index contributed by atoms with van der Waals surface area (Å²) in [4.78, 5) is 46.6. The van der Waals surface area contributed by atoms with Crippen LogP contribution in [0.1, 0.15) is 113 Å². The maximum Gasteiger partial charge on any atom is 0.313 e. The molecule has 4 saturated carbocycles. The van der Waals surface area contributed by atoms with E-state index in [-0.39, 0.29) is 46.9 Å². The number of Topliss-reactive ketones (excluding diaryl/α,β-unsaturated/α-hetero) is 1. The number of nitrogens with zero attached hydrogens (tertiary/aromatic N) is 1. The first-order chi connectivity index (χ1) is 23.9. The predicted octanol–water partition coefficient (Wildman–Crippen LogP) is 6.82. The summed E-state index contributed by atoms with van der Waals surface area (Å²) in [5.74, 6) is -0.260. The third-order valence-electron chi connectivity index (χ3n) is 16.9.